The first kappa shape index (κ1) is 15.8. The molecule has 1 saturated heterocycles. The lowest BCUT2D eigenvalue weighted by molar-refractivity contribution is 0.0519. The molecule has 2 unspecified atom stereocenters. The monoisotopic (exact) mass is 312 g/mol. The molecular weight excluding hydrogens is 288 g/mol. The molecule has 4 heteroatoms. The summed E-state index contributed by atoms with van der Waals surface area (Å²) < 4.78 is 5.81. The van der Waals surface area contributed by atoms with Crippen LogP contribution in [-0.2, 0) is 6.54 Å². The molecule has 2 N–H and O–H groups in total. The van der Waals surface area contributed by atoms with Crippen molar-refractivity contribution in [3.05, 3.63) is 59.0 Å². The molecule has 1 aromatic heterocycles. The number of nitrogens with zero attached hydrogens (tertiary/aromatic N) is 1. The molecule has 0 aliphatic carbocycles. The Morgan fingerprint density at radius 2 is 2.00 bits per heavy atom. The summed E-state index contributed by atoms with van der Waals surface area (Å²) in [6.45, 7) is 5.43. The molecule has 2 heterocycles. The van der Waals surface area contributed by atoms with E-state index in [9.17, 15) is 4.79 Å². The van der Waals surface area contributed by atoms with Gasteiger partial charge in [0.1, 0.15) is 11.5 Å². The predicted molar refractivity (Wildman–Crippen MR) is 90.0 cm³/mol. The molecule has 1 fully saturated rings. The van der Waals surface area contributed by atoms with Gasteiger partial charge in [-0.3, -0.25) is 4.79 Å². The quantitative estimate of drug-likeness (QED) is 0.941. The Bertz CT molecular complexity index is 675. The molecule has 0 bridgehead atoms. The third-order valence-electron chi connectivity index (χ3n) is 4.65. The van der Waals surface area contributed by atoms with Crippen LogP contribution in [0.3, 0.4) is 0 Å². The summed E-state index contributed by atoms with van der Waals surface area (Å²) in [5.41, 5.74) is 7.37. The third-order valence-corrected chi connectivity index (χ3v) is 4.65. The molecule has 1 aliphatic heterocycles. The lowest BCUT2D eigenvalue weighted by Crippen LogP contribution is -2.40. The van der Waals surface area contributed by atoms with E-state index in [2.05, 4.69) is 6.92 Å². The Morgan fingerprint density at radius 3 is 2.61 bits per heavy atom. The van der Waals surface area contributed by atoms with Gasteiger partial charge in [0.15, 0.2) is 0 Å². The standard InChI is InChI=1S/C19H24N2O2/c1-13-9-10-21(17(11-13)18-8-3-14(2)23-18)19(22)16-6-4-15(12-20)5-7-16/h3-8,13,17H,9-12,20H2,1-2H3. The van der Waals surface area contributed by atoms with E-state index in [1.165, 1.54) is 0 Å². The molecule has 1 amide bonds. The Kier molecular flexibility index (Phi) is 4.53. The molecule has 2 aromatic rings. The van der Waals surface area contributed by atoms with Gasteiger partial charge in [-0.1, -0.05) is 19.1 Å². The second-order valence-electron chi connectivity index (χ2n) is 6.49. The van der Waals surface area contributed by atoms with E-state index in [1.54, 1.807) is 0 Å². The number of hydrogen-bond donors (Lipinski definition) is 1. The lowest BCUT2D eigenvalue weighted by Gasteiger charge is -2.37. The van der Waals surface area contributed by atoms with Crippen molar-refractivity contribution < 1.29 is 9.21 Å². The second-order valence-corrected chi connectivity index (χ2v) is 6.49. The molecule has 1 aromatic carbocycles. The van der Waals surface area contributed by atoms with E-state index in [0.29, 0.717) is 18.0 Å². The Balaban J connectivity index is 1.86. The summed E-state index contributed by atoms with van der Waals surface area (Å²) in [6.07, 6.45) is 1.97. The van der Waals surface area contributed by atoms with Crippen LogP contribution in [0, 0.1) is 12.8 Å². The highest BCUT2D eigenvalue weighted by atomic mass is 16.3. The van der Waals surface area contributed by atoms with Crippen LogP contribution >= 0.6 is 0 Å². The SMILES string of the molecule is Cc1ccc(C2CC(C)CCN2C(=O)c2ccc(CN)cc2)o1. The van der Waals surface area contributed by atoms with Gasteiger partial charge < -0.3 is 15.1 Å². The molecular formula is C19H24N2O2. The van der Waals surface area contributed by atoms with Gasteiger partial charge in [0.2, 0.25) is 0 Å². The maximum absolute atomic E-state index is 12.9. The second kappa shape index (κ2) is 6.59. The van der Waals surface area contributed by atoms with Crippen LogP contribution in [0.25, 0.3) is 0 Å². The average Bonchev–Trinajstić information content (AvgIpc) is 3.00. The summed E-state index contributed by atoms with van der Waals surface area (Å²) in [4.78, 5) is 14.9. The Labute approximate surface area is 137 Å². The van der Waals surface area contributed by atoms with Crippen molar-refractivity contribution in [2.24, 2.45) is 11.7 Å². The van der Waals surface area contributed by atoms with Gasteiger partial charge >= 0.3 is 0 Å². The molecule has 3 rings (SSSR count). The average molecular weight is 312 g/mol. The number of carbonyl (C=O) groups is 1. The van der Waals surface area contributed by atoms with Crippen molar-refractivity contribution in [2.45, 2.75) is 39.3 Å². The van der Waals surface area contributed by atoms with Crippen LogP contribution in [0.1, 0.15) is 53.2 Å². The van der Waals surface area contributed by atoms with Gasteiger partial charge in [-0.15, -0.1) is 0 Å². The van der Waals surface area contributed by atoms with Crippen LogP contribution in [0.15, 0.2) is 40.8 Å². The van der Waals surface area contributed by atoms with Crippen molar-refractivity contribution in [2.75, 3.05) is 6.54 Å². The van der Waals surface area contributed by atoms with Gasteiger partial charge in [-0.05, 0) is 55.5 Å². The number of amides is 1. The van der Waals surface area contributed by atoms with Gasteiger partial charge in [0.25, 0.3) is 5.91 Å². The maximum Gasteiger partial charge on any atom is 0.254 e. The zero-order valence-corrected chi connectivity index (χ0v) is 13.8. The molecule has 122 valence electrons. The summed E-state index contributed by atoms with van der Waals surface area (Å²) in [7, 11) is 0. The number of piperidine rings is 1. The van der Waals surface area contributed by atoms with Crippen LogP contribution < -0.4 is 5.73 Å². The molecule has 1 aliphatic rings. The van der Waals surface area contributed by atoms with E-state index in [4.69, 9.17) is 10.2 Å². The van der Waals surface area contributed by atoms with Gasteiger partial charge in [0.05, 0.1) is 6.04 Å². The first-order valence-corrected chi connectivity index (χ1v) is 8.25. The van der Waals surface area contributed by atoms with Crippen LogP contribution in [0.2, 0.25) is 0 Å². The minimum Gasteiger partial charge on any atom is -0.464 e. The Morgan fingerprint density at radius 1 is 1.26 bits per heavy atom. The number of furan rings is 1. The molecule has 2 atom stereocenters. The highest BCUT2D eigenvalue weighted by Crippen LogP contribution is 2.35. The number of benzene rings is 1. The fourth-order valence-corrected chi connectivity index (χ4v) is 3.24. The summed E-state index contributed by atoms with van der Waals surface area (Å²) in [5, 5.41) is 0. The molecule has 4 nitrogen and oxygen atoms in total. The van der Waals surface area contributed by atoms with Crippen molar-refractivity contribution in [1.82, 2.24) is 4.90 Å². The zero-order valence-electron chi connectivity index (χ0n) is 13.8. The highest BCUT2D eigenvalue weighted by molar-refractivity contribution is 5.94. The minimum atomic E-state index is 0.0223. The van der Waals surface area contributed by atoms with Crippen LogP contribution in [0.5, 0.6) is 0 Å². The highest BCUT2D eigenvalue weighted by Gasteiger charge is 2.33. The zero-order chi connectivity index (χ0) is 16.4. The topological polar surface area (TPSA) is 59.5 Å². The van der Waals surface area contributed by atoms with Crippen molar-refractivity contribution >= 4 is 5.91 Å². The predicted octanol–water partition coefficient (Wildman–Crippen LogP) is 3.66. The van der Waals surface area contributed by atoms with Crippen molar-refractivity contribution in [3.63, 3.8) is 0 Å². The molecule has 0 radical (unpaired) electrons. The smallest absolute Gasteiger partial charge is 0.254 e. The number of hydrogen-bond acceptors (Lipinski definition) is 3. The van der Waals surface area contributed by atoms with Gasteiger partial charge in [0, 0.05) is 18.7 Å². The summed E-state index contributed by atoms with van der Waals surface area (Å²) in [5.74, 6) is 2.44. The summed E-state index contributed by atoms with van der Waals surface area (Å²) in [6, 6.07) is 11.6. The number of carbonyl (C=O) groups excluding carboxylic acids is 1. The van der Waals surface area contributed by atoms with Gasteiger partial charge in [-0.2, -0.15) is 0 Å². The van der Waals surface area contributed by atoms with Crippen LogP contribution in [0.4, 0.5) is 0 Å². The minimum absolute atomic E-state index is 0.0223. The van der Waals surface area contributed by atoms with E-state index in [0.717, 1.165) is 36.5 Å². The first-order valence-electron chi connectivity index (χ1n) is 8.25. The van der Waals surface area contributed by atoms with E-state index in [1.807, 2.05) is 48.2 Å². The molecule has 0 spiro atoms. The van der Waals surface area contributed by atoms with E-state index >= 15 is 0 Å². The number of aryl methyl sites for hydroxylation is 1. The fourth-order valence-electron chi connectivity index (χ4n) is 3.24. The van der Waals surface area contributed by atoms with Gasteiger partial charge in [-0.25, -0.2) is 0 Å². The lowest BCUT2D eigenvalue weighted by atomic mass is 9.90. The maximum atomic E-state index is 12.9. The fraction of sp³-hybridized carbons (Fsp3) is 0.421. The Hall–Kier alpha value is -2.07. The van der Waals surface area contributed by atoms with Crippen LogP contribution in [-0.4, -0.2) is 17.4 Å². The normalized spacial score (nSPS) is 21.4. The molecule has 0 saturated carbocycles. The van der Waals surface area contributed by atoms with E-state index < -0.39 is 0 Å². The summed E-state index contributed by atoms with van der Waals surface area (Å²) >= 11 is 0. The largest absolute Gasteiger partial charge is 0.464 e. The third kappa shape index (κ3) is 3.32. The molecule has 23 heavy (non-hydrogen) atoms. The van der Waals surface area contributed by atoms with Crippen molar-refractivity contribution in [3.8, 4) is 0 Å². The van der Waals surface area contributed by atoms with Crippen molar-refractivity contribution in [1.29, 1.82) is 0 Å². The number of rotatable bonds is 3. The number of nitrogens with two attached hydrogens (primary N) is 1. The van der Waals surface area contributed by atoms with E-state index in [-0.39, 0.29) is 11.9 Å². The number of likely N-dealkylation sites (tertiary alicyclic amines) is 1. The first-order chi connectivity index (χ1) is 11.1.